The molecule has 32 heavy (non-hydrogen) atoms. The minimum atomic E-state index is -1.89. The van der Waals surface area contributed by atoms with Crippen molar-refractivity contribution in [3.63, 3.8) is 0 Å². The van der Waals surface area contributed by atoms with Crippen LogP contribution in [0.1, 0.15) is 51.2 Å². The van der Waals surface area contributed by atoms with Crippen molar-refractivity contribution in [1.29, 1.82) is 0 Å². The lowest BCUT2D eigenvalue weighted by atomic mass is 9.97. The molecule has 2 aromatic carbocycles. The molecule has 0 N–H and O–H groups in total. The Bertz CT molecular complexity index is 831. The maximum Gasteiger partial charge on any atom is 0.192 e. The number of hydrogen-bond donors (Lipinski definition) is 0. The van der Waals surface area contributed by atoms with Crippen molar-refractivity contribution in [1.82, 2.24) is 0 Å². The van der Waals surface area contributed by atoms with Crippen LogP contribution in [0.5, 0.6) is 0 Å². The van der Waals surface area contributed by atoms with Gasteiger partial charge in [-0.15, -0.1) is 0 Å². The summed E-state index contributed by atoms with van der Waals surface area (Å²) >= 11 is 3.91. The molecule has 0 aliphatic heterocycles. The minimum Gasteiger partial charge on any atom is -0.409 e. The van der Waals surface area contributed by atoms with Gasteiger partial charge >= 0.3 is 0 Å². The number of benzene rings is 2. The second-order valence-corrected chi connectivity index (χ2v) is 15.7. The molecule has 0 fully saturated rings. The van der Waals surface area contributed by atoms with E-state index < -0.39 is 14.6 Å². The molecule has 0 saturated heterocycles. The van der Waals surface area contributed by atoms with Gasteiger partial charge in [-0.1, -0.05) is 97.4 Å². The monoisotopic (exact) mass is 516 g/mol. The van der Waals surface area contributed by atoms with Gasteiger partial charge in [0.1, 0.15) is 0 Å². The minimum absolute atomic E-state index is 0.0720. The fourth-order valence-electron chi connectivity index (χ4n) is 3.55. The number of rotatable bonds is 9. The Morgan fingerprint density at radius 2 is 1.41 bits per heavy atom. The zero-order chi connectivity index (χ0) is 23.2. The number of hydrogen-bond acceptors (Lipinski definition) is 3. The van der Waals surface area contributed by atoms with Crippen molar-refractivity contribution in [2.45, 2.75) is 83.8 Å². The van der Waals surface area contributed by atoms with Crippen molar-refractivity contribution in [3.05, 3.63) is 81.8 Å². The summed E-state index contributed by atoms with van der Waals surface area (Å²) in [6.45, 7) is 12.5. The van der Waals surface area contributed by atoms with Gasteiger partial charge in [0.2, 0.25) is 0 Å². The van der Waals surface area contributed by atoms with Crippen LogP contribution in [0.2, 0.25) is 18.1 Å². The highest BCUT2D eigenvalue weighted by Gasteiger charge is 2.41. The SMILES string of the molecule is CC(C)(C)[Si](C)(C)O[C@H]1CCCC(C(OCc2ccccc2)OCc2ccccc2)=C1Br. The van der Waals surface area contributed by atoms with Gasteiger partial charge in [-0.2, -0.15) is 0 Å². The first-order valence-corrected chi connectivity index (χ1v) is 15.2. The van der Waals surface area contributed by atoms with E-state index in [0.717, 1.165) is 34.9 Å². The normalized spacial score (nSPS) is 17.8. The maximum atomic E-state index is 6.78. The Morgan fingerprint density at radius 1 is 0.906 bits per heavy atom. The molecular weight excluding hydrogens is 480 g/mol. The molecule has 3 nitrogen and oxygen atoms in total. The van der Waals surface area contributed by atoms with Gasteiger partial charge in [-0.05, 0) is 54.1 Å². The second kappa shape index (κ2) is 11.3. The van der Waals surface area contributed by atoms with Gasteiger partial charge in [-0.25, -0.2) is 0 Å². The van der Waals surface area contributed by atoms with E-state index in [9.17, 15) is 0 Å². The van der Waals surface area contributed by atoms with E-state index in [1.807, 2.05) is 36.4 Å². The average Bonchev–Trinajstić information content (AvgIpc) is 2.76. The van der Waals surface area contributed by atoms with Crippen LogP contribution in [-0.2, 0) is 27.1 Å². The van der Waals surface area contributed by atoms with Crippen LogP contribution in [0.15, 0.2) is 70.7 Å². The summed E-state index contributed by atoms with van der Waals surface area (Å²) in [6, 6.07) is 20.5. The number of ether oxygens (including phenoxy) is 2. The molecule has 0 aromatic heterocycles. The molecule has 0 amide bonds. The molecule has 2 aromatic rings. The van der Waals surface area contributed by atoms with Crippen LogP contribution >= 0.6 is 15.9 Å². The molecule has 0 spiro atoms. The molecule has 1 aliphatic carbocycles. The third-order valence-corrected chi connectivity index (χ3v) is 12.0. The second-order valence-electron chi connectivity index (χ2n) is 10.1. The standard InChI is InChI=1S/C27H37BrO3Si/c1-27(2,3)32(4,5)31-24-18-12-17-23(25(24)28)26(29-19-21-13-8-6-9-14-21)30-20-22-15-10-7-11-16-22/h6-11,13-16,24,26H,12,17-20H2,1-5H3/t24-/m0/s1. The van der Waals surface area contributed by atoms with E-state index in [0.29, 0.717) is 13.2 Å². The summed E-state index contributed by atoms with van der Waals surface area (Å²) in [5, 5.41) is 0.172. The van der Waals surface area contributed by atoms with Crippen LogP contribution in [0.3, 0.4) is 0 Å². The first-order valence-electron chi connectivity index (χ1n) is 11.5. The third-order valence-electron chi connectivity index (χ3n) is 6.52. The molecule has 0 bridgehead atoms. The summed E-state index contributed by atoms with van der Waals surface area (Å²) in [6.07, 6.45) is 2.72. The van der Waals surface area contributed by atoms with Gasteiger partial charge in [-0.3, -0.25) is 0 Å². The fraction of sp³-hybridized carbons (Fsp3) is 0.481. The van der Waals surface area contributed by atoms with Crippen LogP contribution in [-0.4, -0.2) is 20.7 Å². The summed E-state index contributed by atoms with van der Waals surface area (Å²) < 4.78 is 20.6. The lowest BCUT2D eigenvalue weighted by molar-refractivity contribution is -0.136. The predicted molar refractivity (Wildman–Crippen MR) is 138 cm³/mol. The molecule has 0 radical (unpaired) electrons. The smallest absolute Gasteiger partial charge is 0.192 e. The Kier molecular flexibility index (Phi) is 8.93. The predicted octanol–water partition coefficient (Wildman–Crippen LogP) is 7.97. The van der Waals surface area contributed by atoms with Gasteiger partial charge in [0.15, 0.2) is 14.6 Å². The van der Waals surface area contributed by atoms with Gasteiger partial charge in [0.05, 0.1) is 19.3 Å². The molecular formula is C27H37BrO3Si. The van der Waals surface area contributed by atoms with Crippen molar-refractivity contribution in [2.24, 2.45) is 0 Å². The van der Waals surface area contributed by atoms with Gasteiger partial charge in [0.25, 0.3) is 0 Å². The highest BCUT2D eigenvalue weighted by molar-refractivity contribution is 9.11. The molecule has 3 rings (SSSR count). The Hall–Kier alpha value is -1.24. The van der Waals surface area contributed by atoms with Crippen molar-refractivity contribution in [2.75, 3.05) is 0 Å². The summed E-state index contributed by atoms with van der Waals surface area (Å²) in [5.41, 5.74) is 3.46. The third kappa shape index (κ3) is 6.88. The van der Waals surface area contributed by atoms with Crippen LogP contribution in [0.25, 0.3) is 0 Å². The summed E-state index contributed by atoms with van der Waals surface area (Å²) in [4.78, 5) is 0. The van der Waals surface area contributed by atoms with E-state index in [1.54, 1.807) is 0 Å². The molecule has 5 heteroatoms. The van der Waals surface area contributed by atoms with Crippen molar-refractivity contribution < 1.29 is 13.9 Å². The lowest BCUT2D eigenvalue weighted by Gasteiger charge is -2.41. The van der Waals surface area contributed by atoms with E-state index >= 15 is 0 Å². The first kappa shape index (κ1) is 25.4. The van der Waals surface area contributed by atoms with E-state index in [2.05, 4.69) is 74.1 Å². The number of halogens is 1. The van der Waals surface area contributed by atoms with E-state index in [-0.39, 0.29) is 11.1 Å². The average molecular weight is 518 g/mol. The van der Waals surface area contributed by atoms with Crippen molar-refractivity contribution in [3.8, 4) is 0 Å². The van der Waals surface area contributed by atoms with E-state index in [4.69, 9.17) is 13.9 Å². The quantitative estimate of drug-likeness (QED) is 0.249. The van der Waals surface area contributed by atoms with E-state index in [1.165, 1.54) is 5.57 Å². The highest BCUT2D eigenvalue weighted by Crippen LogP contribution is 2.42. The molecule has 1 atom stereocenters. The van der Waals surface area contributed by atoms with Crippen LogP contribution in [0.4, 0.5) is 0 Å². The molecule has 0 heterocycles. The topological polar surface area (TPSA) is 27.7 Å². The molecule has 0 unspecified atom stereocenters. The van der Waals surface area contributed by atoms with Gasteiger partial charge < -0.3 is 13.9 Å². The zero-order valence-electron chi connectivity index (χ0n) is 20.1. The first-order chi connectivity index (χ1) is 15.2. The fourth-order valence-corrected chi connectivity index (χ4v) is 5.73. The highest BCUT2D eigenvalue weighted by atomic mass is 79.9. The Labute approximate surface area is 203 Å². The molecule has 174 valence electrons. The summed E-state index contributed by atoms with van der Waals surface area (Å²) in [5.74, 6) is 0. The van der Waals surface area contributed by atoms with Gasteiger partial charge in [0, 0.05) is 4.48 Å². The van der Waals surface area contributed by atoms with Crippen LogP contribution < -0.4 is 0 Å². The lowest BCUT2D eigenvalue weighted by Crippen LogP contribution is -2.45. The Balaban J connectivity index is 1.80. The summed E-state index contributed by atoms with van der Waals surface area (Å²) in [7, 11) is -1.89. The zero-order valence-corrected chi connectivity index (χ0v) is 22.7. The van der Waals surface area contributed by atoms with Crippen LogP contribution in [0, 0.1) is 0 Å². The molecule has 0 saturated carbocycles. The van der Waals surface area contributed by atoms with Crippen molar-refractivity contribution >= 4 is 24.2 Å². The molecule has 1 aliphatic rings. The Morgan fingerprint density at radius 3 is 1.88 bits per heavy atom. The largest absolute Gasteiger partial charge is 0.409 e. The maximum absolute atomic E-state index is 6.78.